The van der Waals surface area contributed by atoms with Crippen molar-refractivity contribution in [3.63, 3.8) is 0 Å². The third kappa shape index (κ3) is 14.0. The molecule has 25 heteroatoms. The Morgan fingerprint density at radius 2 is 0.719 bits per heavy atom. The SMILES string of the molecule is Cc1cc(C(=O)NCCN(CCNC(=O)c2cc(C)n(CC(=O)NCCN)c(=O)c2O)CCNC(=O)c2cc(C)n(CC(=O)NCCN)c(=O)c2O)c(O)c(=O)n1CC(=O)NCCN. The zero-order chi connectivity index (χ0) is 47.7. The van der Waals surface area contributed by atoms with Crippen LogP contribution in [0.4, 0.5) is 0 Å². The first kappa shape index (κ1) is 51.3. The van der Waals surface area contributed by atoms with Gasteiger partial charge in [-0.15, -0.1) is 0 Å². The molecule has 25 nitrogen and oxygen atoms in total. The summed E-state index contributed by atoms with van der Waals surface area (Å²) in [6.07, 6.45) is 0. The molecule has 0 aliphatic rings. The number of amides is 6. The Morgan fingerprint density at radius 3 is 0.953 bits per heavy atom. The maximum Gasteiger partial charge on any atom is 0.294 e. The highest BCUT2D eigenvalue weighted by molar-refractivity contribution is 5.98. The fourth-order valence-electron chi connectivity index (χ4n) is 6.22. The first-order valence-corrected chi connectivity index (χ1v) is 20.1. The Balaban J connectivity index is 1.76. The van der Waals surface area contributed by atoms with Crippen molar-refractivity contribution in [2.75, 3.05) is 78.5 Å². The molecule has 0 aromatic carbocycles. The Bertz CT molecular complexity index is 2130. The molecule has 64 heavy (non-hydrogen) atoms. The van der Waals surface area contributed by atoms with E-state index in [2.05, 4.69) is 31.9 Å². The van der Waals surface area contributed by atoms with Gasteiger partial charge >= 0.3 is 0 Å². The number of hydrogen-bond acceptors (Lipinski definition) is 16. The molecule has 350 valence electrons. The second-order valence-electron chi connectivity index (χ2n) is 14.3. The minimum atomic E-state index is -0.973. The summed E-state index contributed by atoms with van der Waals surface area (Å²) >= 11 is 0. The van der Waals surface area contributed by atoms with Crippen LogP contribution in [0, 0.1) is 20.8 Å². The molecule has 0 bridgehead atoms. The third-order valence-corrected chi connectivity index (χ3v) is 9.62. The minimum Gasteiger partial charge on any atom is -0.502 e. The normalized spacial score (nSPS) is 10.9. The van der Waals surface area contributed by atoms with Gasteiger partial charge in [-0.05, 0) is 39.0 Å². The first-order chi connectivity index (χ1) is 30.4. The number of nitrogens with two attached hydrogens (primary N) is 3. The summed E-state index contributed by atoms with van der Waals surface area (Å²) < 4.78 is 2.98. The summed E-state index contributed by atoms with van der Waals surface area (Å²) in [6.45, 7) is 4.04. The van der Waals surface area contributed by atoms with Crippen LogP contribution in [-0.4, -0.2) is 148 Å². The van der Waals surface area contributed by atoms with Crippen LogP contribution in [0.1, 0.15) is 48.2 Å². The largest absolute Gasteiger partial charge is 0.502 e. The van der Waals surface area contributed by atoms with Crippen molar-refractivity contribution in [1.29, 1.82) is 0 Å². The summed E-state index contributed by atoms with van der Waals surface area (Å²) in [5.74, 6) is -6.73. The van der Waals surface area contributed by atoms with Gasteiger partial charge in [0.25, 0.3) is 34.4 Å². The van der Waals surface area contributed by atoms with Crippen molar-refractivity contribution in [1.82, 2.24) is 50.5 Å². The molecular weight excluding hydrogens is 843 g/mol. The van der Waals surface area contributed by atoms with Crippen LogP contribution in [0.5, 0.6) is 17.2 Å². The summed E-state index contributed by atoms with van der Waals surface area (Å²) in [7, 11) is 0. The molecule has 0 spiro atoms. The van der Waals surface area contributed by atoms with E-state index in [0.29, 0.717) is 0 Å². The first-order valence-electron chi connectivity index (χ1n) is 20.1. The Kier molecular flexibility index (Phi) is 19.6. The van der Waals surface area contributed by atoms with Gasteiger partial charge in [0.1, 0.15) is 19.6 Å². The molecule has 15 N–H and O–H groups in total. The number of carbonyl (C=O) groups is 6. The summed E-state index contributed by atoms with van der Waals surface area (Å²) in [5, 5.41) is 47.2. The highest BCUT2D eigenvalue weighted by Gasteiger charge is 2.23. The Morgan fingerprint density at radius 1 is 0.469 bits per heavy atom. The molecule has 0 radical (unpaired) electrons. The molecule has 0 aliphatic heterocycles. The lowest BCUT2D eigenvalue weighted by Crippen LogP contribution is -2.43. The van der Waals surface area contributed by atoms with Gasteiger partial charge in [0, 0.05) is 95.6 Å². The van der Waals surface area contributed by atoms with Crippen LogP contribution in [0.15, 0.2) is 32.6 Å². The predicted octanol–water partition coefficient (Wildman–Crippen LogP) is -5.67. The standard InChI is InChI=1S/C39H57N13O12/c1-22-16-25(31(56)37(62)50(22)19-28(53)43-7-4-40)34(59)46-10-13-49(14-11-47-35(60)26-17-23(2)51(38(63)32(26)57)20-29(54)44-8-5-41)15-12-48-36(61)27-18-24(3)52(39(64)33(27)58)21-30(55)45-9-6-42/h16-18,56-58H,4-15,19-21,40-42H2,1-3H3,(H,43,53)(H,44,54)(H,45,55)(H,46,59)(H,47,60)(H,48,61). The quantitative estimate of drug-likeness (QED) is 0.0399. The number of pyridine rings is 3. The Hall–Kier alpha value is -7.09. The lowest BCUT2D eigenvalue weighted by Gasteiger charge is -2.23. The van der Waals surface area contributed by atoms with E-state index in [1.54, 1.807) is 4.90 Å². The van der Waals surface area contributed by atoms with E-state index in [1.165, 1.54) is 39.0 Å². The second kappa shape index (κ2) is 24.5. The monoisotopic (exact) mass is 899 g/mol. The van der Waals surface area contributed by atoms with Crippen LogP contribution >= 0.6 is 0 Å². The van der Waals surface area contributed by atoms with Gasteiger partial charge in [0.2, 0.25) is 17.7 Å². The number of nitrogens with one attached hydrogen (secondary N) is 6. The maximum absolute atomic E-state index is 13.2. The fourth-order valence-corrected chi connectivity index (χ4v) is 6.22. The highest BCUT2D eigenvalue weighted by Crippen LogP contribution is 2.16. The van der Waals surface area contributed by atoms with Crippen LogP contribution < -0.4 is 65.8 Å². The molecule has 0 aliphatic carbocycles. The molecular formula is C39H57N13O12. The van der Waals surface area contributed by atoms with E-state index in [0.717, 1.165) is 13.7 Å². The van der Waals surface area contributed by atoms with Gasteiger partial charge in [0.05, 0.1) is 16.7 Å². The molecule has 3 aromatic rings. The van der Waals surface area contributed by atoms with Crippen LogP contribution in [-0.2, 0) is 34.0 Å². The van der Waals surface area contributed by atoms with E-state index >= 15 is 0 Å². The second-order valence-corrected chi connectivity index (χ2v) is 14.3. The van der Waals surface area contributed by atoms with Crippen molar-refractivity contribution in [3.05, 3.63) is 83.0 Å². The topological polar surface area (TPSA) is 383 Å². The van der Waals surface area contributed by atoms with Crippen LogP contribution in [0.25, 0.3) is 0 Å². The molecule has 0 atom stereocenters. The zero-order valence-corrected chi connectivity index (χ0v) is 35.9. The minimum absolute atomic E-state index is 0.0504. The smallest absolute Gasteiger partial charge is 0.294 e. The van der Waals surface area contributed by atoms with E-state index in [1.807, 2.05) is 0 Å². The number of nitrogens with zero attached hydrogens (tertiary/aromatic N) is 4. The molecule has 6 amide bonds. The average molecular weight is 900 g/mol. The van der Waals surface area contributed by atoms with E-state index in [4.69, 9.17) is 17.2 Å². The van der Waals surface area contributed by atoms with Crippen molar-refractivity contribution in [2.45, 2.75) is 40.4 Å². The molecule has 0 fully saturated rings. The molecule has 0 saturated carbocycles. The molecule has 0 unspecified atom stereocenters. The number of aryl methyl sites for hydroxylation is 3. The van der Waals surface area contributed by atoms with Crippen molar-refractivity contribution >= 4 is 35.4 Å². The zero-order valence-electron chi connectivity index (χ0n) is 35.9. The average Bonchev–Trinajstić information content (AvgIpc) is 3.26. The van der Waals surface area contributed by atoms with Gasteiger partial charge < -0.3 is 78.1 Å². The van der Waals surface area contributed by atoms with Gasteiger partial charge in [0.15, 0.2) is 17.2 Å². The lowest BCUT2D eigenvalue weighted by atomic mass is 10.2. The maximum atomic E-state index is 13.2. The molecule has 3 heterocycles. The number of hydrogen-bond donors (Lipinski definition) is 12. The molecule has 3 rings (SSSR count). The van der Waals surface area contributed by atoms with E-state index in [9.17, 15) is 58.5 Å². The number of carbonyl (C=O) groups excluding carboxylic acids is 6. The Labute approximate surface area is 366 Å². The van der Waals surface area contributed by atoms with E-state index in [-0.39, 0.29) is 112 Å². The van der Waals surface area contributed by atoms with Crippen LogP contribution in [0.2, 0.25) is 0 Å². The van der Waals surface area contributed by atoms with Crippen molar-refractivity contribution in [2.24, 2.45) is 17.2 Å². The fraction of sp³-hybridized carbons (Fsp3) is 0.462. The molecule has 0 saturated heterocycles. The van der Waals surface area contributed by atoms with Gasteiger partial charge in [-0.2, -0.15) is 0 Å². The summed E-state index contributed by atoms with van der Waals surface area (Å²) in [5.41, 5.74) is 12.8. The molecule has 3 aromatic heterocycles. The van der Waals surface area contributed by atoms with Crippen LogP contribution in [0.3, 0.4) is 0 Å². The van der Waals surface area contributed by atoms with Crippen molar-refractivity contribution in [3.8, 4) is 17.2 Å². The highest BCUT2D eigenvalue weighted by atomic mass is 16.3. The van der Waals surface area contributed by atoms with Crippen molar-refractivity contribution < 1.29 is 44.1 Å². The lowest BCUT2D eigenvalue weighted by molar-refractivity contribution is -0.122. The summed E-state index contributed by atoms with van der Waals surface area (Å²) in [6, 6.07) is 3.72. The number of aromatic hydroxyl groups is 3. The van der Waals surface area contributed by atoms with Gasteiger partial charge in [-0.1, -0.05) is 0 Å². The predicted molar refractivity (Wildman–Crippen MR) is 231 cm³/mol. The number of rotatable bonds is 24. The summed E-state index contributed by atoms with van der Waals surface area (Å²) in [4.78, 5) is 116. The van der Waals surface area contributed by atoms with Gasteiger partial charge in [-0.25, -0.2) is 0 Å². The number of aromatic nitrogens is 3. The third-order valence-electron chi connectivity index (χ3n) is 9.62. The van der Waals surface area contributed by atoms with Gasteiger partial charge in [-0.3, -0.25) is 48.1 Å². The van der Waals surface area contributed by atoms with E-state index < -0.39 is 89.0 Å².